The van der Waals surface area contributed by atoms with Crippen LogP contribution in [0.3, 0.4) is 0 Å². The first-order chi connectivity index (χ1) is 6.72. The van der Waals surface area contributed by atoms with E-state index in [1.165, 1.54) is 5.56 Å². The number of anilines is 1. The molecule has 72 valence electrons. The van der Waals surface area contributed by atoms with E-state index in [0.29, 0.717) is 0 Å². The first-order valence-corrected chi connectivity index (χ1v) is 4.43. The van der Waals surface area contributed by atoms with Crippen LogP contribution in [-0.4, -0.2) is 0 Å². The third kappa shape index (κ3) is 3.24. The number of rotatable bonds is 3. The van der Waals surface area contributed by atoms with Gasteiger partial charge in [-0.2, -0.15) is 0 Å². The van der Waals surface area contributed by atoms with E-state index < -0.39 is 0 Å². The SMILES string of the molecule is C#C/C=C\NCc1cc(C)cc(N)c1. The molecule has 3 N–H and O–H groups in total. The summed E-state index contributed by atoms with van der Waals surface area (Å²) in [4.78, 5) is 0. The zero-order chi connectivity index (χ0) is 10.4. The minimum atomic E-state index is 0.740. The molecule has 2 nitrogen and oxygen atoms in total. The zero-order valence-electron chi connectivity index (χ0n) is 8.25. The first-order valence-electron chi connectivity index (χ1n) is 4.43. The molecule has 0 heterocycles. The fourth-order valence-electron chi connectivity index (χ4n) is 1.28. The van der Waals surface area contributed by atoms with Gasteiger partial charge in [0.25, 0.3) is 0 Å². The van der Waals surface area contributed by atoms with Gasteiger partial charge in [0.1, 0.15) is 0 Å². The standard InChI is InChI=1S/C12H14N2/c1-3-4-5-14-9-11-6-10(2)7-12(13)8-11/h1,4-8,14H,9,13H2,2H3/b5-4-. The average Bonchev–Trinajstić information content (AvgIpc) is 2.11. The molecular weight excluding hydrogens is 172 g/mol. The predicted molar refractivity (Wildman–Crippen MR) is 60.4 cm³/mol. The normalized spacial score (nSPS) is 10.0. The lowest BCUT2D eigenvalue weighted by molar-refractivity contribution is 0.869. The lowest BCUT2D eigenvalue weighted by Gasteiger charge is -2.04. The molecular formula is C12H14N2. The highest BCUT2D eigenvalue weighted by Gasteiger charge is 1.94. The first kappa shape index (κ1) is 10.2. The molecule has 2 heteroatoms. The number of hydrogen-bond acceptors (Lipinski definition) is 2. The summed E-state index contributed by atoms with van der Waals surface area (Å²) >= 11 is 0. The van der Waals surface area contributed by atoms with Crippen molar-refractivity contribution < 1.29 is 0 Å². The molecule has 0 amide bonds. The lowest BCUT2D eigenvalue weighted by atomic mass is 10.1. The molecule has 0 radical (unpaired) electrons. The molecule has 0 bridgehead atoms. The fraction of sp³-hybridized carbons (Fsp3) is 0.167. The Bertz CT molecular complexity index is 352. The number of nitrogens with one attached hydrogen (secondary N) is 1. The Kier molecular flexibility index (Phi) is 3.63. The summed E-state index contributed by atoms with van der Waals surface area (Å²) in [6.07, 6.45) is 8.43. The Morgan fingerprint density at radius 3 is 2.93 bits per heavy atom. The van der Waals surface area contributed by atoms with Crippen molar-refractivity contribution in [3.63, 3.8) is 0 Å². The zero-order valence-corrected chi connectivity index (χ0v) is 8.25. The van der Waals surface area contributed by atoms with Gasteiger partial charge in [0.15, 0.2) is 0 Å². The molecule has 1 rings (SSSR count). The topological polar surface area (TPSA) is 38.0 Å². The van der Waals surface area contributed by atoms with Gasteiger partial charge in [-0.15, -0.1) is 6.42 Å². The fourth-order valence-corrected chi connectivity index (χ4v) is 1.28. The number of terminal acetylenes is 1. The molecule has 0 saturated heterocycles. The Morgan fingerprint density at radius 2 is 2.29 bits per heavy atom. The monoisotopic (exact) mass is 186 g/mol. The van der Waals surface area contributed by atoms with Crippen molar-refractivity contribution >= 4 is 5.69 Å². The van der Waals surface area contributed by atoms with Gasteiger partial charge in [-0.05, 0) is 30.2 Å². The van der Waals surface area contributed by atoms with Crippen LogP contribution in [0, 0.1) is 19.3 Å². The van der Waals surface area contributed by atoms with Gasteiger partial charge in [-0.25, -0.2) is 0 Å². The highest BCUT2D eigenvalue weighted by Crippen LogP contribution is 2.10. The van der Waals surface area contributed by atoms with Crippen LogP contribution in [0.25, 0.3) is 0 Å². The second-order valence-corrected chi connectivity index (χ2v) is 3.13. The van der Waals surface area contributed by atoms with Crippen molar-refractivity contribution in [3.8, 4) is 12.3 Å². The molecule has 0 saturated carbocycles. The summed E-state index contributed by atoms with van der Waals surface area (Å²) in [5.74, 6) is 2.41. The smallest absolute Gasteiger partial charge is 0.0396 e. The van der Waals surface area contributed by atoms with Gasteiger partial charge in [0, 0.05) is 24.5 Å². The van der Waals surface area contributed by atoms with Gasteiger partial charge < -0.3 is 11.1 Å². The number of nitrogen functional groups attached to an aromatic ring is 1. The van der Waals surface area contributed by atoms with Crippen LogP contribution in [0.1, 0.15) is 11.1 Å². The molecule has 1 aromatic carbocycles. The van der Waals surface area contributed by atoms with E-state index in [0.717, 1.165) is 17.8 Å². The Morgan fingerprint density at radius 1 is 1.50 bits per heavy atom. The summed E-state index contributed by atoms with van der Waals surface area (Å²) in [6.45, 7) is 2.77. The second-order valence-electron chi connectivity index (χ2n) is 3.13. The molecule has 0 aliphatic carbocycles. The van der Waals surface area contributed by atoms with E-state index in [9.17, 15) is 0 Å². The highest BCUT2D eigenvalue weighted by atomic mass is 14.8. The number of allylic oxidation sites excluding steroid dienone is 1. The molecule has 0 aliphatic rings. The summed E-state index contributed by atoms with van der Waals surface area (Å²) in [7, 11) is 0. The Balaban J connectivity index is 2.59. The molecule has 14 heavy (non-hydrogen) atoms. The second kappa shape index (κ2) is 4.98. The maximum absolute atomic E-state index is 5.71. The lowest BCUT2D eigenvalue weighted by Crippen LogP contribution is -2.04. The molecule has 0 spiro atoms. The van der Waals surface area contributed by atoms with E-state index in [1.807, 2.05) is 19.1 Å². The molecule has 0 aliphatic heterocycles. The number of benzene rings is 1. The van der Waals surface area contributed by atoms with E-state index in [4.69, 9.17) is 12.2 Å². The Hall–Kier alpha value is -1.88. The van der Waals surface area contributed by atoms with Gasteiger partial charge in [0.2, 0.25) is 0 Å². The maximum Gasteiger partial charge on any atom is 0.0396 e. The van der Waals surface area contributed by atoms with Crippen LogP contribution in [0.4, 0.5) is 5.69 Å². The highest BCUT2D eigenvalue weighted by molar-refractivity contribution is 5.44. The third-order valence-corrected chi connectivity index (χ3v) is 1.76. The van der Waals surface area contributed by atoms with Crippen LogP contribution >= 0.6 is 0 Å². The average molecular weight is 186 g/mol. The van der Waals surface area contributed by atoms with Crippen molar-refractivity contribution in [2.75, 3.05) is 5.73 Å². The van der Waals surface area contributed by atoms with Gasteiger partial charge >= 0.3 is 0 Å². The van der Waals surface area contributed by atoms with Crippen molar-refractivity contribution in [1.82, 2.24) is 5.32 Å². The van der Waals surface area contributed by atoms with Gasteiger partial charge in [-0.3, -0.25) is 0 Å². The summed E-state index contributed by atoms with van der Waals surface area (Å²) in [6, 6.07) is 5.98. The molecule has 0 unspecified atom stereocenters. The molecule has 0 fully saturated rings. The van der Waals surface area contributed by atoms with Crippen molar-refractivity contribution in [3.05, 3.63) is 41.6 Å². The van der Waals surface area contributed by atoms with E-state index in [-0.39, 0.29) is 0 Å². The summed E-state index contributed by atoms with van der Waals surface area (Å²) in [5.41, 5.74) is 8.83. The number of aryl methyl sites for hydroxylation is 1. The van der Waals surface area contributed by atoms with E-state index in [2.05, 4.69) is 17.3 Å². The quantitative estimate of drug-likeness (QED) is 0.558. The molecule has 0 atom stereocenters. The number of hydrogen-bond donors (Lipinski definition) is 2. The van der Waals surface area contributed by atoms with Crippen LogP contribution in [0.5, 0.6) is 0 Å². The summed E-state index contributed by atoms with van der Waals surface area (Å²) in [5, 5.41) is 3.08. The minimum Gasteiger partial charge on any atom is -0.399 e. The molecule has 1 aromatic rings. The molecule has 0 aromatic heterocycles. The minimum absolute atomic E-state index is 0.740. The van der Waals surface area contributed by atoms with Crippen LogP contribution < -0.4 is 11.1 Å². The summed E-state index contributed by atoms with van der Waals surface area (Å²) < 4.78 is 0. The Labute approximate surface area is 84.8 Å². The predicted octanol–water partition coefficient (Wildman–Crippen LogP) is 1.81. The van der Waals surface area contributed by atoms with Crippen molar-refractivity contribution in [1.29, 1.82) is 0 Å². The van der Waals surface area contributed by atoms with Crippen LogP contribution in [-0.2, 0) is 6.54 Å². The maximum atomic E-state index is 5.71. The largest absolute Gasteiger partial charge is 0.399 e. The third-order valence-electron chi connectivity index (χ3n) is 1.76. The van der Waals surface area contributed by atoms with Gasteiger partial charge in [-0.1, -0.05) is 12.0 Å². The van der Waals surface area contributed by atoms with E-state index in [1.54, 1.807) is 12.3 Å². The number of nitrogens with two attached hydrogens (primary N) is 1. The van der Waals surface area contributed by atoms with Crippen molar-refractivity contribution in [2.24, 2.45) is 0 Å². The van der Waals surface area contributed by atoms with E-state index >= 15 is 0 Å². The van der Waals surface area contributed by atoms with Gasteiger partial charge in [0.05, 0.1) is 0 Å². The van der Waals surface area contributed by atoms with Crippen LogP contribution in [0.2, 0.25) is 0 Å². The van der Waals surface area contributed by atoms with Crippen molar-refractivity contribution in [2.45, 2.75) is 13.5 Å². The van der Waals surface area contributed by atoms with Crippen LogP contribution in [0.15, 0.2) is 30.5 Å².